The number of imide groups is 1. The Bertz CT molecular complexity index is 2010. The fraction of sp³-hybridized carbons (Fsp3) is 0.242. The summed E-state index contributed by atoms with van der Waals surface area (Å²) in [5.74, 6) is -3.91. The molecule has 0 unspecified atom stereocenters. The Hall–Kier alpha value is -5.09. The number of thiazole rings is 1. The summed E-state index contributed by atoms with van der Waals surface area (Å²) in [6.45, 7) is 1.51. The van der Waals surface area contributed by atoms with Crippen LogP contribution in [0.1, 0.15) is 39.2 Å². The number of fused-ring (bicyclic) bond motifs is 2. The number of nitrogens with one attached hydrogen (secondary N) is 2. The number of benzene rings is 3. The molecule has 4 aromatic rings. The van der Waals surface area contributed by atoms with Crippen LogP contribution in [0.3, 0.4) is 0 Å². The maximum absolute atomic E-state index is 13.9. The van der Waals surface area contributed by atoms with Crippen molar-refractivity contribution in [3.8, 4) is 11.5 Å². The van der Waals surface area contributed by atoms with E-state index in [0.717, 1.165) is 46.2 Å². The quantitative estimate of drug-likeness (QED) is 0.171. The summed E-state index contributed by atoms with van der Waals surface area (Å²) in [6, 6.07) is 14.8. The van der Waals surface area contributed by atoms with E-state index in [4.69, 9.17) is 14.2 Å². The van der Waals surface area contributed by atoms with Gasteiger partial charge < -0.3 is 24.5 Å². The topological polar surface area (TPSA) is 144 Å². The third kappa shape index (κ3) is 6.65. The van der Waals surface area contributed by atoms with Gasteiger partial charge in [-0.25, -0.2) is 9.69 Å². The highest BCUT2D eigenvalue weighted by Crippen LogP contribution is 2.54. The van der Waals surface area contributed by atoms with Crippen molar-refractivity contribution in [3.05, 3.63) is 98.0 Å². The fourth-order valence-electron chi connectivity index (χ4n) is 5.69. The van der Waals surface area contributed by atoms with E-state index in [0.29, 0.717) is 26.7 Å². The molecule has 0 spiro atoms. The minimum Gasteiger partial charge on any atom is -0.493 e. The number of anilines is 2. The molecule has 0 saturated carbocycles. The number of rotatable bonds is 9. The molecule has 49 heavy (non-hydrogen) atoms. The molecule has 3 aromatic carbocycles. The molecule has 0 aliphatic carbocycles. The molecule has 0 radical (unpaired) electrons. The predicted octanol–water partition coefficient (Wildman–Crippen LogP) is 5.45. The number of nitrogens with zero attached hydrogens (tertiary/aromatic N) is 1. The number of aromatic nitrogens is 1. The summed E-state index contributed by atoms with van der Waals surface area (Å²) in [5, 5.41) is 2.02. The molecule has 2 aliphatic rings. The van der Waals surface area contributed by atoms with Gasteiger partial charge in [-0.3, -0.25) is 19.2 Å². The van der Waals surface area contributed by atoms with Crippen LogP contribution in [0.25, 0.3) is 0 Å². The zero-order valence-corrected chi connectivity index (χ0v) is 27.3. The van der Waals surface area contributed by atoms with Crippen LogP contribution in [0.4, 0.5) is 24.5 Å². The molecule has 2 N–H and O–H groups in total. The number of ether oxygens (including phenoxy) is 3. The number of carbonyl (C=O) groups excluding carboxylic acids is 4. The lowest BCUT2D eigenvalue weighted by Crippen LogP contribution is -2.32. The largest absolute Gasteiger partial charge is 0.493 e. The second-order valence-corrected chi connectivity index (χ2v) is 13.0. The number of halogens is 3. The van der Waals surface area contributed by atoms with Gasteiger partial charge in [0.2, 0.25) is 11.8 Å². The van der Waals surface area contributed by atoms with Crippen LogP contribution in [0.5, 0.6) is 11.5 Å². The molecule has 1 aromatic heterocycles. The van der Waals surface area contributed by atoms with E-state index in [1.54, 1.807) is 31.2 Å². The van der Waals surface area contributed by atoms with Gasteiger partial charge in [-0.05, 0) is 67.1 Å². The van der Waals surface area contributed by atoms with Crippen LogP contribution in [-0.4, -0.2) is 54.2 Å². The summed E-state index contributed by atoms with van der Waals surface area (Å²) in [6.07, 6.45) is -4.69. The average Bonchev–Trinajstić information content (AvgIpc) is 3.57. The Balaban J connectivity index is 1.24. The van der Waals surface area contributed by atoms with Crippen molar-refractivity contribution < 1.29 is 46.6 Å². The number of methoxy groups -OCH3 is 1. The number of thioether (sulfide) groups is 1. The highest BCUT2D eigenvalue weighted by Gasteiger charge is 2.56. The monoisotopic (exact) mass is 713 g/mol. The Labute approximate surface area is 284 Å². The third-order valence-corrected chi connectivity index (χ3v) is 10.2. The Morgan fingerprint density at radius 3 is 2.43 bits per heavy atom. The minimum atomic E-state index is -4.69. The summed E-state index contributed by atoms with van der Waals surface area (Å²) >= 11 is 1.87. The zero-order valence-electron chi connectivity index (χ0n) is 25.7. The first-order valence-electron chi connectivity index (χ1n) is 14.7. The van der Waals surface area contributed by atoms with Gasteiger partial charge in [0, 0.05) is 16.5 Å². The smallest absolute Gasteiger partial charge is 0.416 e. The lowest BCUT2D eigenvalue weighted by atomic mass is 9.83. The Morgan fingerprint density at radius 1 is 0.980 bits per heavy atom. The van der Waals surface area contributed by atoms with Gasteiger partial charge in [0.1, 0.15) is 5.25 Å². The maximum atomic E-state index is 13.9. The fourth-order valence-corrected chi connectivity index (χ4v) is 8.21. The van der Waals surface area contributed by atoms with Crippen LogP contribution < -0.4 is 24.6 Å². The van der Waals surface area contributed by atoms with Gasteiger partial charge in [-0.1, -0.05) is 35.2 Å². The highest BCUT2D eigenvalue weighted by molar-refractivity contribution is 8.00. The first kappa shape index (κ1) is 33.8. The van der Waals surface area contributed by atoms with E-state index in [9.17, 15) is 37.1 Å². The molecule has 254 valence electrons. The second-order valence-electron chi connectivity index (χ2n) is 10.9. The molecule has 11 nitrogen and oxygen atoms in total. The van der Waals surface area contributed by atoms with Crippen molar-refractivity contribution in [2.75, 3.05) is 30.5 Å². The maximum Gasteiger partial charge on any atom is 0.416 e. The molecule has 3 atom stereocenters. The van der Waals surface area contributed by atoms with E-state index >= 15 is 0 Å². The van der Waals surface area contributed by atoms with Crippen LogP contribution in [0.15, 0.2) is 76.6 Å². The molecule has 1 fully saturated rings. The van der Waals surface area contributed by atoms with Crippen LogP contribution in [0.2, 0.25) is 0 Å². The molecular formula is C33H26F3N3O8S2. The molecule has 1 saturated heterocycles. The summed E-state index contributed by atoms with van der Waals surface area (Å²) in [4.78, 5) is 68.1. The van der Waals surface area contributed by atoms with Crippen molar-refractivity contribution >= 4 is 58.2 Å². The lowest BCUT2D eigenvalue weighted by Gasteiger charge is -2.30. The van der Waals surface area contributed by atoms with E-state index in [2.05, 4.69) is 10.3 Å². The Morgan fingerprint density at radius 2 is 1.73 bits per heavy atom. The number of hydrogen-bond acceptors (Lipinski definition) is 10. The number of amides is 3. The minimum absolute atomic E-state index is 0.183. The number of esters is 1. The number of alkyl halides is 3. The molecule has 3 amide bonds. The van der Waals surface area contributed by atoms with Crippen molar-refractivity contribution in [1.82, 2.24) is 4.98 Å². The zero-order chi connectivity index (χ0) is 35.0. The molecule has 3 heterocycles. The number of carbonyl (C=O) groups is 4. The van der Waals surface area contributed by atoms with E-state index in [-0.39, 0.29) is 23.8 Å². The van der Waals surface area contributed by atoms with Crippen LogP contribution in [0, 0.1) is 5.92 Å². The summed E-state index contributed by atoms with van der Waals surface area (Å²) in [5.41, 5.74) is 0.0213. The number of aromatic amines is 1. The Kier molecular flexibility index (Phi) is 9.26. The standard InChI is InChI=1S/C33H26F3N3O8S2/c1-3-46-31(43)16-7-10-19(11-8-16)37-23(40)15-47-21-12-9-17(13-22(21)45-2)24-25-27(48-28-26(24)49-32(44)38-28)30(42)39(29(25)41)20-6-4-5-18(14-20)33(34,35)36/h4-14,24-25,27H,3,15H2,1-2H3,(H,37,40)(H,38,44)/t24-,25-,27+/m0/s1. The third-order valence-electron chi connectivity index (χ3n) is 7.84. The molecule has 2 aliphatic heterocycles. The van der Waals surface area contributed by atoms with Gasteiger partial charge >= 0.3 is 17.0 Å². The van der Waals surface area contributed by atoms with Gasteiger partial charge in [0.15, 0.2) is 18.1 Å². The van der Waals surface area contributed by atoms with Crippen molar-refractivity contribution in [2.24, 2.45) is 5.92 Å². The van der Waals surface area contributed by atoms with E-state index in [1.165, 1.54) is 31.4 Å². The number of hydrogen-bond donors (Lipinski definition) is 2. The summed E-state index contributed by atoms with van der Waals surface area (Å²) < 4.78 is 56.6. The molecular weight excluding hydrogens is 688 g/mol. The summed E-state index contributed by atoms with van der Waals surface area (Å²) in [7, 11) is 1.37. The molecule has 6 rings (SSSR count). The highest BCUT2D eigenvalue weighted by atomic mass is 32.2. The molecule has 0 bridgehead atoms. The normalized spacial score (nSPS) is 18.5. The van der Waals surface area contributed by atoms with Gasteiger partial charge in [0.05, 0.1) is 41.5 Å². The van der Waals surface area contributed by atoms with Crippen molar-refractivity contribution in [1.29, 1.82) is 0 Å². The average molecular weight is 714 g/mol. The van der Waals surface area contributed by atoms with Gasteiger partial charge in [0.25, 0.3) is 5.91 Å². The molecule has 16 heteroatoms. The van der Waals surface area contributed by atoms with Crippen molar-refractivity contribution in [3.63, 3.8) is 0 Å². The van der Waals surface area contributed by atoms with Gasteiger partial charge in [-0.2, -0.15) is 13.2 Å². The second kappa shape index (κ2) is 13.4. The predicted molar refractivity (Wildman–Crippen MR) is 173 cm³/mol. The lowest BCUT2D eigenvalue weighted by molar-refractivity contribution is -0.137. The van der Waals surface area contributed by atoms with Gasteiger partial charge in [-0.15, -0.1) is 0 Å². The van der Waals surface area contributed by atoms with E-state index in [1.807, 2.05) is 0 Å². The van der Waals surface area contributed by atoms with Crippen molar-refractivity contribution in [2.45, 2.75) is 29.3 Å². The van der Waals surface area contributed by atoms with Crippen LogP contribution >= 0.6 is 23.1 Å². The SMILES string of the molecule is CCOC(=O)c1ccc(NC(=O)COc2ccc([C@@H]3c4sc(=O)[nH]c4S[C@H]4C(=O)N(c5cccc(C(F)(F)F)c5)C(=O)[C@@H]34)cc2OC)cc1. The first-order chi connectivity index (χ1) is 23.4. The van der Waals surface area contributed by atoms with E-state index < -0.39 is 64.0 Å². The first-order valence-corrected chi connectivity index (χ1v) is 16.4. The number of H-pyrrole nitrogens is 1. The van der Waals surface area contributed by atoms with Crippen LogP contribution in [-0.2, 0) is 25.3 Å².